The van der Waals surface area contributed by atoms with Crippen LogP contribution < -0.4 is 5.32 Å². The Morgan fingerprint density at radius 3 is 2.30 bits per heavy atom. The molecule has 1 unspecified atom stereocenters. The first-order valence-electron chi connectivity index (χ1n) is 6.85. The third kappa shape index (κ3) is 3.00. The average Bonchev–Trinajstić information content (AvgIpc) is 2.42. The molecule has 0 heterocycles. The van der Waals surface area contributed by atoms with Crippen molar-refractivity contribution in [1.82, 2.24) is 0 Å². The first-order valence-corrected chi connectivity index (χ1v) is 6.85. The summed E-state index contributed by atoms with van der Waals surface area (Å²) in [5, 5.41) is 12.5. The number of anilines is 1. The van der Waals surface area contributed by atoms with Crippen LogP contribution in [0.2, 0.25) is 0 Å². The van der Waals surface area contributed by atoms with E-state index < -0.39 is 0 Å². The van der Waals surface area contributed by atoms with Crippen LogP contribution in [0.15, 0.2) is 36.4 Å². The Kier molecular flexibility index (Phi) is 4.10. The topological polar surface area (TPSA) is 35.8 Å². The van der Waals surface area contributed by atoms with E-state index in [0.29, 0.717) is 5.56 Å². The van der Waals surface area contributed by atoms with Gasteiger partial charge in [0.2, 0.25) is 0 Å². The highest BCUT2D eigenvalue weighted by molar-refractivity contribution is 5.59. The molecule has 0 aliphatic carbocycles. The van der Waals surface area contributed by atoms with Gasteiger partial charge < -0.3 is 5.32 Å². The molecule has 1 N–H and O–H groups in total. The van der Waals surface area contributed by atoms with Crippen molar-refractivity contribution in [1.29, 1.82) is 5.26 Å². The molecule has 1 atom stereocenters. The zero-order valence-electron chi connectivity index (χ0n) is 12.5. The van der Waals surface area contributed by atoms with Crippen molar-refractivity contribution >= 4 is 5.69 Å². The number of aryl methyl sites for hydroxylation is 3. The molecular formula is C18H20N2. The van der Waals surface area contributed by atoms with E-state index in [1.165, 1.54) is 22.4 Å². The van der Waals surface area contributed by atoms with Gasteiger partial charge in [-0.25, -0.2) is 0 Å². The fourth-order valence-corrected chi connectivity index (χ4v) is 2.59. The summed E-state index contributed by atoms with van der Waals surface area (Å²) in [6.45, 7) is 8.49. The van der Waals surface area contributed by atoms with Gasteiger partial charge in [-0.05, 0) is 56.5 Å². The van der Waals surface area contributed by atoms with Gasteiger partial charge in [-0.1, -0.05) is 29.8 Å². The van der Waals surface area contributed by atoms with Gasteiger partial charge in [0.25, 0.3) is 0 Å². The maximum Gasteiger partial charge on any atom is 0.0991 e. The van der Waals surface area contributed by atoms with Gasteiger partial charge in [-0.15, -0.1) is 0 Å². The number of nitriles is 1. The molecule has 0 saturated heterocycles. The maximum absolute atomic E-state index is 8.98. The quantitative estimate of drug-likeness (QED) is 0.875. The minimum Gasteiger partial charge on any atom is -0.378 e. The highest BCUT2D eigenvalue weighted by Crippen LogP contribution is 2.26. The van der Waals surface area contributed by atoms with Crippen molar-refractivity contribution in [2.45, 2.75) is 33.7 Å². The van der Waals surface area contributed by atoms with Crippen molar-refractivity contribution in [3.8, 4) is 6.07 Å². The molecule has 20 heavy (non-hydrogen) atoms. The van der Waals surface area contributed by atoms with Crippen LogP contribution in [0.5, 0.6) is 0 Å². The normalized spacial score (nSPS) is 11.8. The SMILES string of the molecule is Cc1cc(C)c(NC(C)c2cccc(C#N)c2)c(C)c1. The van der Waals surface area contributed by atoms with E-state index in [4.69, 9.17) is 5.26 Å². The Morgan fingerprint density at radius 1 is 1.05 bits per heavy atom. The lowest BCUT2D eigenvalue weighted by atomic mass is 10.0. The summed E-state index contributed by atoms with van der Waals surface area (Å²) in [5.41, 5.74) is 6.81. The largest absolute Gasteiger partial charge is 0.378 e. The van der Waals surface area contributed by atoms with Crippen LogP contribution in [0, 0.1) is 32.1 Å². The van der Waals surface area contributed by atoms with Crippen molar-refractivity contribution in [3.63, 3.8) is 0 Å². The molecule has 0 fully saturated rings. The summed E-state index contributed by atoms with van der Waals surface area (Å²) in [6.07, 6.45) is 0. The number of hydrogen-bond donors (Lipinski definition) is 1. The number of rotatable bonds is 3. The van der Waals surface area contributed by atoms with Gasteiger partial charge >= 0.3 is 0 Å². The molecule has 2 heteroatoms. The molecule has 102 valence electrons. The molecule has 0 radical (unpaired) electrons. The molecule has 0 spiro atoms. The number of hydrogen-bond acceptors (Lipinski definition) is 2. The van der Waals surface area contributed by atoms with Gasteiger partial charge in [0.15, 0.2) is 0 Å². The van der Waals surface area contributed by atoms with Crippen molar-refractivity contribution in [2.75, 3.05) is 5.32 Å². The summed E-state index contributed by atoms with van der Waals surface area (Å²) in [4.78, 5) is 0. The summed E-state index contributed by atoms with van der Waals surface area (Å²) >= 11 is 0. The van der Waals surface area contributed by atoms with Gasteiger partial charge in [0.1, 0.15) is 0 Å². The number of benzene rings is 2. The van der Waals surface area contributed by atoms with Crippen LogP contribution in [-0.2, 0) is 0 Å². The molecule has 0 amide bonds. The van der Waals surface area contributed by atoms with Crippen LogP contribution in [0.25, 0.3) is 0 Å². The minimum absolute atomic E-state index is 0.170. The first-order chi connectivity index (χ1) is 9.51. The fraction of sp³-hybridized carbons (Fsp3) is 0.278. The van der Waals surface area contributed by atoms with Gasteiger partial charge in [-0.2, -0.15) is 5.26 Å². The fourth-order valence-electron chi connectivity index (χ4n) is 2.59. The van der Waals surface area contributed by atoms with Crippen LogP contribution in [0.1, 0.15) is 40.8 Å². The lowest BCUT2D eigenvalue weighted by Gasteiger charge is -2.20. The Hall–Kier alpha value is -2.27. The van der Waals surface area contributed by atoms with Gasteiger partial charge in [0.05, 0.1) is 11.6 Å². The molecule has 0 aliphatic rings. The smallest absolute Gasteiger partial charge is 0.0991 e. The van der Waals surface area contributed by atoms with E-state index in [1.54, 1.807) is 0 Å². The standard InChI is InChI=1S/C18H20N2/c1-12-8-13(2)18(14(3)9-12)20-15(4)17-7-5-6-16(10-17)11-19/h5-10,15,20H,1-4H3. The summed E-state index contributed by atoms with van der Waals surface area (Å²) in [6, 6.07) is 14.5. The van der Waals surface area contributed by atoms with E-state index >= 15 is 0 Å². The Balaban J connectivity index is 2.28. The molecule has 0 bridgehead atoms. The number of nitrogens with zero attached hydrogens (tertiary/aromatic N) is 1. The highest BCUT2D eigenvalue weighted by atomic mass is 14.9. The van der Waals surface area contributed by atoms with Crippen molar-refractivity contribution in [3.05, 3.63) is 64.2 Å². The molecule has 2 aromatic rings. The minimum atomic E-state index is 0.170. The third-order valence-corrected chi connectivity index (χ3v) is 3.55. The number of nitrogens with one attached hydrogen (secondary N) is 1. The molecule has 0 aromatic heterocycles. The van der Waals surface area contributed by atoms with Crippen LogP contribution in [0.4, 0.5) is 5.69 Å². The second-order valence-electron chi connectivity index (χ2n) is 5.38. The van der Waals surface area contributed by atoms with Crippen LogP contribution >= 0.6 is 0 Å². The molecule has 2 nitrogen and oxygen atoms in total. The Morgan fingerprint density at radius 2 is 1.70 bits per heavy atom. The zero-order valence-corrected chi connectivity index (χ0v) is 12.5. The lowest BCUT2D eigenvalue weighted by molar-refractivity contribution is 0.879. The van der Waals surface area contributed by atoms with E-state index in [-0.39, 0.29) is 6.04 Å². The van der Waals surface area contributed by atoms with Crippen LogP contribution in [-0.4, -0.2) is 0 Å². The average molecular weight is 264 g/mol. The second kappa shape index (κ2) is 5.79. The molecule has 2 rings (SSSR count). The van der Waals surface area contributed by atoms with Crippen LogP contribution in [0.3, 0.4) is 0 Å². The third-order valence-electron chi connectivity index (χ3n) is 3.55. The Labute approximate surface area is 121 Å². The predicted molar refractivity (Wildman–Crippen MR) is 83.8 cm³/mol. The van der Waals surface area contributed by atoms with Gasteiger partial charge in [-0.3, -0.25) is 0 Å². The first kappa shape index (κ1) is 14.1. The van der Waals surface area contributed by atoms with Crippen molar-refractivity contribution < 1.29 is 0 Å². The summed E-state index contributed by atoms with van der Waals surface area (Å²) in [7, 11) is 0. The highest BCUT2D eigenvalue weighted by Gasteiger charge is 2.10. The Bertz CT molecular complexity index is 642. The molecular weight excluding hydrogens is 244 g/mol. The van der Waals surface area contributed by atoms with E-state index in [2.05, 4.69) is 57.3 Å². The molecule has 0 aliphatic heterocycles. The van der Waals surface area contributed by atoms with E-state index in [1.807, 2.05) is 18.2 Å². The van der Waals surface area contributed by atoms with Gasteiger partial charge in [0, 0.05) is 11.7 Å². The van der Waals surface area contributed by atoms with E-state index in [0.717, 1.165) is 5.56 Å². The maximum atomic E-state index is 8.98. The predicted octanol–water partition coefficient (Wildman–Crippen LogP) is 4.66. The molecule has 0 saturated carbocycles. The van der Waals surface area contributed by atoms with E-state index in [9.17, 15) is 0 Å². The lowest BCUT2D eigenvalue weighted by Crippen LogP contribution is -2.09. The van der Waals surface area contributed by atoms with Crippen molar-refractivity contribution in [2.24, 2.45) is 0 Å². The summed E-state index contributed by atoms with van der Waals surface area (Å²) < 4.78 is 0. The summed E-state index contributed by atoms with van der Waals surface area (Å²) in [5.74, 6) is 0. The second-order valence-corrected chi connectivity index (χ2v) is 5.38. The monoisotopic (exact) mass is 264 g/mol. The molecule has 2 aromatic carbocycles. The zero-order chi connectivity index (χ0) is 14.7.